The average molecular weight is 281 g/mol. The van der Waals surface area contributed by atoms with E-state index >= 15 is 0 Å². The van der Waals surface area contributed by atoms with Crippen LogP contribution in [0.25, 0.3) is 0 Å². The number of nitrogen functional groups attached to an aromatic ring is 1. The van der Waals surface area contributed by atoms with Gasteiger partial charge in [0.1, 0.15) is 6.10 Å². The molecule has 0 aliphatic heterocycles. The Morgan fingerprint density at radius 1 is 1.43 bits per heavy atom. The number of hydrogen-bond acceptors (Lipinski definition) is 3. The van der Waals surface area contributed by atoms with Gasteiger partial charge in [0.25, 0.3) is 0 Å². The molecule has 1 aromatic rings. The second kappa shape index (κ2) is 4.98. The molecule has 0 saturated heterocycles. The maximum atomic E-state index is 9.66. The Balaban J connectivity index is 2.99. The summed E-state index contributed by atoms with van der Waals surface area (Å²) in [5, 5.41) is 19.0. The summed E-state index contributed by atoms with van der Waals surface area (Å²) in [5.74, 6) is -0.0346. The molecule has 14 heavy (non-hydrogen) atoms. The van der Waals surface area contributed by atoms with Gasteiger partial charge in [-0.1, -0.05) is 15.9 Å². The van der Waals surface area contributed by atoms with E-state index in [4.69, 9.17) is 17.3 Å². The Hall–Kier alpha value is -0.290. The molecular formula is C9H11BrClNO2. The highest BCUT2D eigenvalue weighted by molar-refractivity contribution is 9.10. The molecule has 78 valence electrons. The third-order valence-electron chi connectivity index (χ3n) is 1.89. The van der Waals surface area contributed by atoms with E-state index in [-0.39, 0.29) is 5.88 Å². The molecule has 3 nitrogen and oxygen atoms in total. The third-order valence-corrected chi connectivity index (χ3v) is 2.70. The maximum absolute atomic E-state index is 9.66. The summed E-state index contributed by atoms with van der Waals surface area (Å²) < 4.78 is 0.794. The molecule has 0 aromatic heterocycles. The zero-order chi connectivity index (χ0) is 10.7. The van der Waals surface area contributed by atoms with Gasteiger partial charge in [0.15, 0.2) is 0 Å². The molecule has 0 saturated carbocycles. The fraction of sp³-hybridized carbons (Fsp3) is 0.333. The minimum Gasteiger partial charge on any atom is -0.398 e. The molecule has 1 rings (SSSR count). The number of alkyl halides is 1. The van der Waals surface area contributed by atoms with Gasteiger partial charge >= 0.3 is 0 Å². The highest BCUT2D eigenvalue weighted by Gasteiger charge is 2.19. The van der Waals surface area contributed by atoms with Crippen molar-refractivity contribution in [1.29, 1.82) is 0 Å². The maximum Gasteiger partial charge on any atom is 0.108 e. The van der Waals surface area contributed by atoms with Crippen LogP contribution in [-0.2, 0) is 0 Å². The lowest BCUT2D eigenvalue weighted by Gasteiger charge is -2.17. The molecule has 0 fully saturated rings. The van der Waals surface area contributed by atoms with Crippen molar-refractivity contribution in [3.8, 4) is 0 Å². The van der Waals surface area contributed by atoms with E-state index in [1.807, 2.05) is 0 Å². The van der Waals surface area contributed by atoms with Gasteiger partial charge in [-0.25, -0.2) is 0 Å². The first-order chi connectivity index (χ1) is 6.56. The van der Waals surface area contributed by atoms with Crippen molar-refractivity contribution >= 4 is 33.2 Å². The van der Waals surface area contributed by atoms with Crippen molar-refractivity contribution < 1.29 is 10.2 Å². The summed E-state index contributed by atoms with van der Waals surface area (Å²) >= 11 is 8.68. The van der Waals surface area contributed by atoms with Crippen LogP contribution < -0.4 is 5.73 Å². The lowest BCUT2D eigenvalue weighted by molar-refractivity contribution is 0.0331. The predicted octanol–water partition coefficient (Wildman–Crippen LogP) is 1.66. The van der Waals surface area contributed by atoms with E-state index in [0.717, 1.165) is 4.47 Å². The van der Waals surface area contributed by atoms with Crippen LogP contribution in [0.2, 0.25) is 0 Å². The number of halogens is 2. The van der Waals surface area contributed by atoms with Crippen molar-refractivity contribution in [2.24, 2.45) is 0 Å². The van der Waals surface area contributed by atoms with Crippen LogP contribution in [0.1, 0.15) is 11.7 Å². The van der Waals surface area contributed by atoms with Gasteiger partial charge in [0.05, 0.1) is 12.0 Å². The van der Waals surface area contributed by atoms with Crippen LogP contribution in [0, 0.1) is 0 Å². The first-order valence-electron chi connectivity index (χ1n) is 4.03. The Morgan fingerprint density at radius 2 is 2.07 bits per heavy atom. The summed E-state index contributed by atoms with van der Waals surface area (Å²) in [4.78, 5) is 0. The first kappa shape index (κ1) is 11.8. The number of anilines is 1. The van der Waals surface area contributed by atoms with Crippen molar-refractivity contribution in [2.75, 3.05) is 11.6 Å². The van der Waals surface area contributed by atoms with Crippen LogP contribution in [-0.4, -0.2) is 22.2 Å². The average Bonchev–Trinajstić information content (AvgIpc) is 2.19. The molecule has 0 amide bonds. The summed E-state index contributed by atoms with van der Waals surface area (Å²) in [6.45, 7) is 0. The van der Waals surface area contributed by atoms with Crippen molar-refractivity contribution in [3.05, 3.63) is 28.2 Å². The minimum atomic E-state index is -1.05. The fourth-order valence-electron chi connectivity index (χ4n) is 1.09. The van der Waals surface area contributed by atoms with Gasteiger partial charge < -0.3 is 15.9 Å². The largest absolute Gasteiger partial charge is 0.398 e. The molecule has 5 heteroatoms. The molecule has 0 heterocycles. The number of aliphatic hydroxyl groups is 2. The Morgan fingerprint density at radius 3 is 2.64 bits per heavy atom. The summed E-state index contributed by atoms with van der Waals surface area (Å²) in [6.07, 6.45) is -2.06. The van der Waals surface area contributed by atoms with Gasteiger partial charge in [-0.2, -0.15) is 0 Å². The lowest BCUT2D eigenvalue weighted by atomic mass is 10.0. The number of rotatable bonds is 3. The predicted molar refractivity (Wildman–Crippen MR) is 60.2 cm³/mol. The van der Waals surface area contributed by atoms with E-state index in [2.05, 4.69) is 15.9 Å². The van der Waals surface area contributed by atoms with E-state index in [9.17, 15) is 10.2 Å². The Labute approximate surface area is 95.6 Å². The third kappa shape index (κ3) is 2.60. The van der Waals surface area contributed by atoms with Gasteiger partial charge in [0, 0.05) is 15.7 Å². The van der Waals surface area contributed by atoms with Gasteiger partial charge in [-0.05, 0) is 18.2 Å². The smallest absolute Gasteiger partial charge is 0.108 e. The zero-order valence-electron chi connectivity index (χ0n) is 7.32. The molecule has 0 aliphatic rings. The van der Waals surface area contributed by atoms with Crippen LogP contribution in [0.3, 0.4) is 0 Å². The van der Waals surface area contributed by atoms with Crippen LogP contribution in [0.15, 0.2) is 22.7 Å². The topological polar surface area (TPSA) is 66.5 Å². The van der Waals surface area contributed by atoms with Crippen LogP contribution in [0.4, 0.5) is 5.69 Å². The van der Waals surface area contributed by atoms with Crippen LogP contribution in [0.5, 0.6) is 0 Å². The monoisotopic (exact) mass is 279 g/mol. The molecule has 0 spiro atoms. The number of nitrogens with two attached hydrogens (primary N) is 1. The van der Waals surface area contributed by atoms with Crippen molar-refractivity contribution in [2.45, 2.75) is 12.2 Å². The summed E-state index contributed by atoms with van der Waals surface area (Å²) in [6, 6.07) is 5.08. The number of benzene rings is 1. The van der Waals surface area contributed by atoms with Crippen molar-refractivity contribution in [1.82, 2.24) is 0 Å². The fourth-order valence-corrected chi connectivity index (χ4v) is 1.64. The Kier molecular flexibility index (Phi) is 4.19. The standard InChI is InChI=1S/C9H11BrClNO2/c10-5-1-2-7(12)6(3-5)9(14)8(13)4-11/h1-3,8-9,13-14H,4,12H2. The zero-order valence-corrected chi connectivity index (χ0v) is 9.66. The van der Waals surface area contributed by atoms with E-state index in [1.54, 1.807) is 18.2 Å². The second-order valence-electron chi connectivity index (χ2n) is 2.94. The lowest BCUT2D eigenvalue weighted by Crippen LogP contribution is -2.20. The van der Waals surface area contributed by atoms with E-state index in [0.29, 0.717) is 11.3 Å². The molecule has 2 atom stereocenters. The van der Waals surface area contributed by atoms with Crippen LogP contribution >= 0.6 is 27.5 Å². The highest BCUT2D eigenvalue weighted by atomic mass is 79.9. The van der Waals surface area contributed by atoms with Gasteiger partial charge in [-0.3, -0.25) is 0 Å². The molecule has 1 aromatic carbocycles. The SMILES string of the molecule is Nc1ccc(Br)cc1C(O)C(O)CCl. The van der Waals surface area contributed by atoms with Gasteiger partial charge in [0.2, 0.25) is 0 Å². The molecule has 0 radical (unpaired) electrons. The van der Waals surface area contributed by atoms with E-state index in [1.165, 1.54) is 0 Å². The normalized spacial score (nSPS) is 15.1. The number of aliphatic hydroxyl groups excluding tert-OH is 2. The summed E-state index contributed by atoms with van der Waals surface area (Å²) in [7, 11) is 0. The molecule has 2 unspecified atom stereocenters. The molecular weight excluding hydrogens is 269 g/mol. The quantitative estimate of drug-likeness (QED) is 0.583. The molecule has 0 bridgehead atoms. The highest BCUT2D eigenvalue weighted by Crippen LogP contribution is 2.26. The first-order valence-corrected chi connectivity index (χ1v) is 5.36. The summed E-state index contributed by atoms with van der Waals surface area (Å²) in [5.41, 5.74) is 6.56. The molecule has 4 N–H and O–H groups in total. The number of hydrogen-bond donors (Lipinski definition) is 3. The van der Waals surface area contributed by atoms with Gasteiger partial charge in [-0.15, -0.1) is 11.6 Å². The minimum absolute atomic E-state index is 0.0346. The second-order valence-corrected chi connectivity index (χ2v) is 4.16. The van der Waals surface area contributed by atoms with Crippen molar-refractivity contribution in [3.63, 3.8) is 0 Å². The molecule has 0 aliphatic carbocycles. The van der Waals surface area contributed by atoms with E-state index < -0.39 is 12.2 Å². The Bertz CT molecular complexity index is 322.